The summed E-state index contributed by atoms with van der Waals surface area (Å²) < 4.78 is 0. The Kier molecular flexibility index (Phi) is 178. The summed E-state index contributed by atoms with van der Waals surface area (Å²) in [5.74, 6) is 0. The van der Waals surface area contributed by atoms with Crippen LogP contribution >= 0.6 is 13.5 Å². The first-order chi connectivity index (χ1) is 0. The van der Waals surface area contributed by atoms with E-state index in [1.165, 1.54) is 0 Å². The van der Waals surface area contributed by atoms with Crippen LogP contribution in [-0.4, -0.2) is 0 Å². The van der Waals surface area contributed by atoms with Crippen molar-refractivity contribution in [3.63, 3.8) is 0 Å². The van der Waals surface area contributed by atoms with E-state index in [1.807, 2.05) is 0 Å². The standard InChI is InChI=1S/Cu.Fe.Mo.S. The molecule has 4 heavy (non-hydrogen) atoms. The van der Waals surface area contributed by atoms with Crippen LogP contribution in [0.4, 0.5) is 0 Å². The second-order valence-electron chi connectivity index (χ2n) is 0. The van der Waals surface area contributed by atoms with Crippen molar-refractivity contribution in [1.82, 2.24) is 0 Å². The van der Waals surface area contributed by atoms with E-state index in [0.29, 0.717) is 0 Å². The smallest absolute Gasteiger partial charge is 0 e. The van der Waals surface area contributed by atoms with Gasteiger partial charge in [0.25, 0.3) is 0 Å². The largest absolute Gasteiger partial charge is 0 e. The summed E-state index contributed by atoms with van der Waals surface area (Å²) in [6.45, 7) is 0. The molecule has 0 N–H and O–H groups in total. The maximum atomic E-state index is 0. The molecule has 0 aliphatic heterocycles. The second kappa shape index (κ2) is 19.6. The molecule has 0 aromatic carbocycles. The van der Waals surface area contributed by atoms with Crippen LogP contribution in [0, 0.1) is 0 Å². The first-order valence-electron chi connectivity index (χ1n) is 0. The van der Waals surface area contributed by atoms with Gasteiger partial charge in [-0.25, -0.2) is 0 Å². The van der Waals surface area contributed by atoms with Gasteiger partial charge in [0.1, 0.15) is 0 Å². The molecule has 0 rings (SSSR count). The van der Waals surface area contributed by atoms with E-state index in [4.69, 9.17) is 0 Å². The molecule has 0 aromatic rings. The molecule has 0 heterocycles. The molecule has 0 fully saturated rings. The Morgan fingerprint density at radius 1 is 1.00 bits per heavy atom. The van der Waals surface area contributed by atoms with Gasteiger partial charge in [0.2, 0.25) is 0 Å². The molecule has 31 valence electrons. The number of rotatable bonds is 0. The summed E-state index contributed by atoms with van der Waals surface area (Å²) in [4.78, 5) is 0. The molecule has 0 aliphatic rings. The van der Waals surface area contributed by atoms with Gasteiger partial charge in [-0.2, -0.15) is 0 Å². The van der Waals surface area contributed by atoms with Gasteiger partial charge in [0, 0.05) is 68.7 Å². The van der Waals surface area contributed by atoms with E-state index >= 15 is 0 Å². The predicted molar refractivity (Wildman–Crippen MR) is 7.59 cm³/mol. The first kappa shape index (κ1) is 36.3. The van der Waals surface area contributed by atoms with Crippen molar-refractivity contribution in [2.24, 2.45) is 0 Å². The van der Waals surface area contributed by atoms with Crippen LogP contribution in [0.25, 0.3) is 0 Å². The average molecular weight is 247 g/mol. The van der Waals surface area contributed by atoms with E-state index in [-0.39, 0.29) is 68.7 Å². The van der Waals surface area contributed by atoms with Crippen LogP contribution in [-0.2, 0) is 55.2 Å². The van der Waals surface area contributed by atoms with E-state index in [2.05, 4.69) is 0 Å². The minimum atomic E-state index is 0. The SMILES string of the molecule is [Cu].[Fe].[Mo].[S]. The van der Waals surface area contributed by atoms with Crippen molar-refractivity contribution in [1.29, 1.82) is 0 Å². The average Bonchev–Trinajstić information content (AvgIpc) is 0. The molecule has 0 amide bonds. The first-order valence-corrected chi connectivity index (χ1v) is 0. The topological polar surface area (TPSA) is 0 Å². The molecular formula is CuFeMoS. The maximum absolute atomic E-state index is 0. The molecule has 0 bridgehead atoms. The van der Waals surface area contributed by atoms with Gasteiger partial charge in [-0.3, -0.25) is 0 Å². The molecule has 0 aliphatic carbocycles. The minimum Gasteiger partial charge on any atom is 0 e. The van der Waals surface area contributed by atoms with Gasteiger partial charge in [-0.05, 0) is 0 Å². The Labute approximate surface area is 68.1 Å². The summed E-state index contributed by atoms with van der Waals surface area (Å²) in [5.41, 5.74) is 0. The van der Waals surface area contributed by atoms with Crippen LogP contribution in [0.1, 0.15) is 0 Å². The normalized spacial score (nSPS) is 0. The van der Waals surface area contributed by atoms with E-state index in [9.17, 15) is 0 Å². The molecule has 0 unspecified atom stereocenters. The molecule has 4 heteroatoms. The van der Waals surface area contributed by atoms with E-state index in [0.717, 1.165) is 0 Å². The third kappa shape index (κ3) is 8.95. The molecule has 3 radical (unpaired) electrons. The third-order valence-corrected chi connectivity index (χ3v) is 0. The summed E-state index contributed by atoms with van der Waals surface area (Å²) in [6, 6.07) is 0. The third-order valence-electron chi connectivity index (χ3n) is 0. The van der Waals surface area contributed by atoms with Crippen molar-refractivity contribution in [3.8, 4) is 0 Å². The Bertz CT molecular complexity index is 8.00. The fourth-order valence-corrected chi connectivity index (χ4v) is 0. The van der Waals surface area contributed by atoms with Crippen molar-refractivity contribution in [2.45, 2.75) is 0 Å². The van der Waals surface area contributed by atoms with Gasteiger partial charge in [-0.1, -0.05) is 0 Å². The van der Waals surface area contributed by atoms with Crippen LogP contribution < -0.4 is 0 Å². The van der Waals surface area contributed by atoms with Crippen LogP contribution in [0.15, 0.2) is 0 Å². The van der Waals surface area contributed by atoms with Gasteiger partial charge in [0.05, 0.1) is 0 Å². The molecule has 0 aromatic heterocycles. The quantitative estimate of drug-likeness (QED) is 0.551. The van der Waals surface area contributed by atoms with Gasteiger partial charge in [-0.15, -0.1) is 0 Å². The summed E-state index contributed by atoms with van der Waals surface area (Å²) in [5, 5.41) is 0. The van der Waals surface area contributed by atoms with Crippen LogP contribution in [0.5, 0.6) is 0 Å². The van der Waals surface area contributed by atoms with E-state index < -0.39 is 0 Å². The number of hydrogen-bond acceptors (Lipinski definition) is 0. The molecule has 0 spiro atoms. The Morgan fingerprint density at radius 2 is 1.00 bits per heavy atom. The summed E-state index contributed by atoms with van der Waals surface area (Å²) in [6.07, 6.45) is 0. The van der Waals surface area contributed by atoms with Crippen molar-refractivity contribution in [2.75, 3.05) is 0 Å². The number of hydrogen-bond donors (Lipinski definition) is 0. The molecule has 0 nitrogen and oxygen atoms in total. The fraction of sp³-hybridized carbons (Fsp3) is 0. The zero-order chi connectivity index (χ0) is 0. The monoisotopic (exact) mass is 249 g/mol. The molecule has 0 saturated heterocycles. The second-order valence-corrected chi connectivity index (χ2v) is 0. The van der Waals surface area contributed by atoms with Crippen LogP contribution in [0.3, 0.4) is 0 Å². The minimum absolute atomic E-state index is 0. The van der Waals surface area contributed by atoms with Crippen LogP contribution in [0.2, 0.25) is 0 Å². The van der Waals surface area contributed by atoms with Gasteiger partial charge < -0.3 is 0 Å². The van der Waals surface area contributed by atoms with Crippen molar-refractivity contribution < 1.29 is 55.2 Å². The molecular weight excluding hydrogens is 247 g/mol. The van der Waals surface area contributed by atoms with E-state index in [1.54, 1.807) is 0 Å². The van der Waals surface area contributed by atoms with Gasteiger partial charge in [0.15, 0.2) is 0 Å². The summed E-state index contributed by atoms with van der Waals surface area (Å²) in [7, 11) is 0. The summed E-state index contributed by atoms with van der Waals surface area (Å²) >= 11 is 0. The zero-order valence-corrected chi connectivity index (χ0v) is 6.34. The Morgan fingerprint density at radius 3 is 1.00 bits per heavy atom. The maximum Gasteiger partial charge on any atom is 0 e. The zero-order valence-electron chi connectivity index (χ0n) is 1.47. The molecule has 0 atom stereocenters. The Balaban J connectivity index is 0. The Hall–Kier alpha value is 2.08. The predicted octanol–water partition coefficient (Wildman–Crippen LogP) is 0.641. The van der Waals surface area contributed by atoms with Crippen molar-refractivity contribution in [3.05, 3.63) is 0 Å². The molecule has 0 saturated carbocycles. The van der Waals surface area contributed by atoms with Gasteiger partial charge >= 0.3 is 0 Å². The fourth-order valence-electron chi connectivity index (χ4n) is 0. The van der Waals surface area contributed by atoms with Crippen molar-refractivity contribution >= 4 is 13.5 Å².